The monoisotopic (exact) mass is 320 g/mol. The molecule has 0 saturated heterocycles. The smallest absolute Gasteiger partial charge is 0.123 e. The Morgan fingerprint density at radius 3 is 2.04 bits per heavy atom. The molecule has 0 N–H and O–H groups in total. The van der Waals surface area contributed by atoms with Crippen molar-refractivity contribution in [3.8, 4) is 11.5 Å². The van der Waals surface area contributed by atoms with Gasteiger partial charge in [0.05, 0.1) is 13.7 Å². The first-order valence-corrected chi connectivity index (χ1v) is 9.30. The minimum atomic E-state index is 0.0587. The average Bonchev–Trinajstić information content (AvgIpc) is 2.52. The maximum Gasteiger partial charge on any atom is 0.123 e. The van der Waals surface area contributed by atoms with E-state index in [1.54, 1.807) is 7.11 Å². The molecule has 0 fully saturated rings. The highest BCUT2D eigenvalue weighted by Gasteiger charge is 2.19. The Labute approximate surface area is 143 Å². The summed E-state index contributed by atoms with van der Waals surface area (Å²) < 4.78 is 11.4. The van der Waals surface area contributed by atoms with Gasteiger partial charge in [-0.2, -0.15) is 0 Å². The normalized spacial score (nSPS) is 11.5. The lowest BCUT2D eigenvalue weighted by Gasteiger charge is -2.23. The van der Waals surface area contributed by atoms with Crippen molar-refractivity contribution >= 4 is 0 Å². The topological polar surface area (TPSA) is 18.5 Å². The van der Waals surface area contributed by atoms with Gasteiger partial charge < -0.3 is 9.47 Å². The van der Waals surface area contributed by atoms with Gasteiger partial charge in [-0.15, -0.1) is 0 Å². The maximum absolute atomic E-state index is 6.05. The zero-order chi connectivity index (χ0) is 17.1. The molecule has 0 heterocycles. The lowest BCUT2D eigenvalue weighted by Crippen LogP contribution is -2.14. The van der Waals surface area contributed by atoms with Crippen LogP contribution in [0.15, 0.2) is 18.2 Å². The molecule has 0 radical (unpaired) electrons. The van der Waals surface area contributed by atoms with Crippen LogP contribution in [0.25, 0.3) is 0 Å². The first-order chi connectivity index (χ1) is 11.0. The van der Waals surface area contributed by atoms with E-state index in [1.807, 2.05) is 12.1 Å². The van der Waals surface area contributed by atoms with Gasteiger partial charge in [0.25, 0.3) is 0 Å². The molecule has 0 amide bonds. The number of rotatable bonds is 11. The highest BCUT2D eigenvalue weighted by molar-refractivity contribution is 5.44. The van der Waals surface area contributed by atoms with Crippen molar-refractivity contribution < 1.29 is 9.47 Å². The summed E-state index contributed by atoms with van der Waals surface area (Å²) in [6.07, 6.45) is 10.6. The fraction of sp³-hybridized carbons (Fsp3) is 0.714. The van der Waals surface area contributed by atoms with Crippen LogP contribution in [-0.4, -0.2) is 13.7 Å². The molecule has 23 heavy (non-hydrogen) atoms. The van der Waals surface area contributed by atoms with Crippen molar-refractivity contribution in [2.24, 2.45) is 0 Å². The molecule has 0 bridgehead atoms. The molecule has 1 aromatic rings. The number of ether oxygens (including phenoxy) is 2. The summed E-state index contributed by atoms with van der Waals surface area (Å²) in [5.41, 5.74) is 1.28. The summed E-state index contributed by atoms with van der Waals surface area (Å²) in [5, 5.41) is 0. The standard InChI is InChI=1S/C21H36O2/c1-6-7-8-9-10-11-12-13-16-23-20-15-14-18(22-5)17-19(20)21(2,3)4/h14-15,17H,6-13,16H2,1-5H3. The molecule has 0 aromatic heterocycles. The predicted molar refractivity (Wildman–Crippen MR) is 99.8 cm³/mol. The van der Waals surface area contributed by atoms with E-state index in [2.05, 4.69) is 33.8 Å². The van der Waals surface area contributed by atoms with E-state index in [1.165, 1.54) is 50.5 Å². The van der Waals surface area contributed by atoms with Crippen molar-refractivity contribution in [2.75, 3.05) is 13.7 Å². The minimum Gasteiger partial charge on any atom is -0.497 e. The van der Waals surface area contributed by atoms with Crippen molar-refractivity contribution in [1.82, 2.24) is 0 Å². The second kappa shape index (κ2) is 10.6. The van der Waals surface area contributed by atoms with Crippen molar-refractivity contribution in [2.45, 2.75) is 84.5 Å². The van der Waals surface area contributed by atoms with Gasteiger partial charge in [0, 0.05) is 5.56 Å². The van der Waals surface area contributed by atoms with Crippen LogP contribution in [0.5, 0.6) is 11.5 Å². The molecule has 0 saturated carbocycles. The van der Waals surface area contributed by atoms with E-state index in [9.17, 15) is 0 Å². The zero-order valence-corrected chi connectivity index (χ0v) is 15.9. The molecule has 0 atom stereocenters. The number of benzene rings is 1. The molecule has 0 aliphatic carbocycles. The molecule has 1 rings (SSSR count). The zero-order valence-electron chi connectivity index (χ0n) is 15.9. The Morgan fingerprint density at radius 2 is 1.48 bits per heavy atom. The summed E-state index contributed by atoms with van der Waals surface area (Å²) in [6, 6.07) is 6.13. The molecule has 0 aliphatic heterocycles. The van der Waals surface area contributed by atoms with Gasteiger partial charge in [0.15, 0.2) is 0 Å². The largest absolute Gasteiger partial charge is 0.497 e. The third-order valence-corrected chi connectivity index (χ3v) is 4.25. The SMILES string of the molecule is CCCCCCCCCCOc1ccc(OC)cc1C(C)(C)C. The van der Waals surface area contributed by atoms with Crippen LogP contribution in [0, 0.1) is 0 Å². The summed E-state index contributed by atoms with van der Waals surface area (Å²) in [7, 11) is 1.71. The molecule has 2 nitrogen and oxygen atoms in total. The lowest BCUT2D eigenvalue weighted by molar-refractivity contribution is 0.295. The van der Waals surface area contributed by atoms with Crippen LogP contribution in [0.4, 0.5) is 0 Å². The third kappa shape index (κ3) is 7.76. The van der Waals surface area contributed by atoms with Crippen LogP contribution in [0.3, 0.4) is 0 Å². The number of hydrogen-bond donors (Lipinski definition) is 0. The van der Waals surface area contributed by atoms with Crippen LogP contribution in [0.2, 0.25) is 0 Å². The fourth-order valence-electron chi connectivity index (χ4n) is 2.77. The Kier molecular flexibility index (Phi) is 9.13. The van der Waals surface area contributed by atoms with Crippen molar-refractivity contribution in [1.29, 1.82) is 0 Å². The van der Waals surface area contributed by atoms with Crippen molar-refractivity contribution in [3.63, 3.8) is 0 Å². The second-order valence-corrected chi connectivity index (χ2v) is 7.44. The van der Waals surface area contributed by atoms with Crippen LogP contribution < -0.4 is 9.47 Å². The lowest BCUT2D eigenvalue weighted by atomic mass is 9.86. The van der Waals surface area contributed by atoms with Crippen LogP contribution in [-0.2, 0) is 5.41 Å². The van der Waals surface area contributed by atoms with E-state index in [0.717, 1.165) is 24.5 Å². The molecule has 0 unspecified atom stereocenters. The van der Waals surface area contributed by atoms with Gasteiger partial charge in [-0.25, -0.2) is 0 Å². The summed E-state index contributed by atoms with van der Waals surface area (Å²) in [5.74, 6) is 1.90. The summed E-state index contributed by atoms with van der Waals surface area (Å²) in [4.78, 5) is 0. The van der Waals surface area contributed by atoms with Gasteiger partial charge in [-0.05, 0) is 30.0 Å². The Hall–Kier alpha value is -1.18. The quantitative estimate of drug-likeness (QED) is 0.432. The maximum atomic E-state index is 6.05. The molecule has 132 valence electrons. The Morgan fingerprint density at radius 1 is 0.870 bits per heavy atom. The van der Waals surface area contributed by atoms with E-state index < -0.39 is 0 Å². The van der Waals surface area contributed by atoms with E-state index >= 15 is 0 Å². The molecular weight excluding hydrogens is 284 g/mol. The van der Waals surface area contributed by atoms with Crippen LogP contribution in [0.1, 0.15) is 84.6 Å². The molecule has 1 aromatic carbocycles. The molecule has 0 spiro atoms. The number of hydrogen-bond acceptors (Lipinski definition) is 2. The Bertz CT molecular complexity index is 432. The van der Waals surface area contributed by atoms with Gasteiger partial charge in [0.1, 0.15) is 11.5 Å². The van der Waals surface area contributed by atoms with Gasteiger partial charge in [-0.1, -0.05) is 72.6 Å². The molecular formula is C21H36O2. The van der Waals surface area contributed by atoms with E-state index in [4.69, 9.17) is 9.47 Å². The first kappa shape index (κ1) is 19.9. The fourth-order valence-corrected chi connectivity index (χ4v) is 2.77. The first-order valence-electron chi connectivity index (χ1n) is 9.30. The second-order valence-electron chi connectivity index (χ2n) is 7.44. The van der Waals surface area contributed by atoms with E-state index in [-0.39, 0.29) is 5.41 Å². The van der Waals surface area contributed by atoms with E-state index in [0.29, 0.717) is 0 Å². The Balaban J connectivity index is 2.34. The summed E-state index contributed by atoms with van der Waals surface area (Å²) in [6.45, 7) is 9.72. The third-order valence-electron chi connectivity index (χ3n) is 4.25. The predicted octanol–water partition coefficient (Wildman–Crippen LogP) is 6.51. The average molecular weight is 321 g/mol. The molecule has 0 aliphatic rings. The van der Waals surface area contributed by atoms with Crippen molar-refractivity contribution in [3.05, 3.63) is 23.8 Å². The summed E-state index contributed by atoms with van der Waals surface area (Å²) >= 11 is 0. The van der Waals surface area contributed by atoms with Gasteiger partial charge in [-0.3, -0.25) is 0 Å². The number of unbranched alkanes of at least 4 members (excludes halogenated alkanes) is 7. The number of methoxy groups -OCH3 is 1. The molecule has 2 heteroatoms. The minimum absolute atomic E-state index is 0.0587. The van der Waals surface area contributed by atoms with Crippen LogP contribution >= 0.6 is 0 Å². The highest BCUT2D eigenvalue weighted by Crippen LogP contribution is 2.34. The van der Waals surface area contributed by atoms with Gasteiger partial charge in [0.2, 0.25) is 0 Å². The van der Waals surface area contributed by atoms with Gasteiger partial charge >= 0.3 is 0 Å². The highest BCUT2D eigenvalue weighted by atomic mass is 16.5.